The van der Waals surface area contributed by atoms with Crippen LogP contribution in [0, 0.1) is 16.7 Å². The van der Waals surface area contributed by atoms with Crippen LogP contribution in [0.15, 0.2) is 76.7 Å². The number of hydrogen-bond donors (Lipinski definition) is 1. The van der Waals surface area contributed by atoms with E-state index < -0.39 is 11.3 Å². The Morgan fingerprint density at radius 1 is 1.07 bits per heavy atom. The number of nitriles is 1. The van der Waals surface area contributed by atoms with Gasteiger partial charge < -0.3 is 10.5 Å². The third-order valence-corrected chi connectivity index (χ3v) is 5.50. The number of ketones is 1. The molecule has 2 N–H and O–H groups in total. The number of amides is 1. The van der Waals surface area contributed by atoms with Gasteiger partial charge in [0, 0.05) is 11.1 Å². The number of hydrazone groups is 1. The molecule has 2 aromatic rings. The Morgan fingerprint density at radius 3 is 2.41 bits per heavy atom. The lowest BCUT2D eigenvalue weighted by Crippen LogP contribution is -2.46. The molecule has 0 fully saturated rings. The molecule has 5 rings (SSSR count). The van der Waals surface area contributed by atoms with Gasteiger partial charge in [0.15, 0.2) is 11.2 Å². The maximum absolute atomic E-state index is 13.8. The van der Waals surface area contributed by atoms with Gasteiger partial charge in [0.2, 0.25) is 5.88 Å². The summed E-state index contributed by atoms with van der Waals surface area (Å²) in [4.78, 5) is 27.1. The van der Waals surface area contributed by atoms with Crippen LogP contribution in [0.2, 0.25) is 0 Å². The highest BCUT2D eigenvalue weighted by Crippen LogP contribution is 2.54. The molecular weight excluding hydrogens is 368 g/mol. The Kier molecular flexibility index (Phi) is 3.31. The summed E-state index contributed by atoms with van der Waals surface area (Å²) in [5.41, 5.74) is 6.11. The van der Waals surface area contributed by atoms with Crippen LogP contribution in [-0.4, -0.2) is 17.4 Å². The molecule has 3 aliphatic rings. The van der Waals surface area contributed by atoms with Gasteiger partial charge in [-0.1, -0.05) is 42.5 Å². The molecule has 0 bridgehead atoms. The SMILES string of the molecule is CC1=NN(c2ccccc2)C(=O)C12C(C#N)=C(N)OC1=C2C(=O)c2ccccc21. The molecule has 29 heavy (non-hydrogen) atoms. The Hall–Kier alpha value is -4.18. The van der Waals surface area contributed by atoms with Gasteiger partial charge in [0.25, 0.3) is 5.91 Å². The molecule has 0 saturated heterocycles. The standard InChI is InChI=1S/C22H14N4O3/c1-12-22(21(28)26(25-12)13-7-3-2-4-8-13)16(11-23)20(24)29-19-15-10-6-5-9-14(15)18(27)17(19)22/h2-10H,24H2,1H3. The molecule has 7 heteroatoms. The number of fused-ring (bicyclic) bond motifs is 3. The Balaban J connectivity index is 1.80. The zero-order valence-electron chi connectivity index (χ0n) is 15.3. The molecule has 1 atom stereocenters. The van der Waals surface area contributed by atoms with E-state index in [1.807, 2.05) is 12.1 Å². The minimum absolute atomic E-state index is 0.0918. The van der Waals surface area contributed by atoms with E-state index >= 15 is 0 Å². The van der Waals surface area contributed by atoms with Gasteiger partial charge in [0.05, 0.1) is 17.0 Å². The van der Waals surface area contributed by atoms with Crippen LogP contribution in [0.25, 0.3) is 5.76 Å². The number of benzene rings is 2. The van der Waals surface area contributed by atoms with Crippen LogP contribution < -0.4 is 10.7 Å². The smallest absolute Gasteiger partial charge is 0.269 e. The average molecular weight is 382 g/mol. The van der Waals surface area contributed by atoms with Gasteiger partial charge in [-0.25, -0.2) is 0 Å². The number of anilines is 1. The number of carbonyl (C=O) groups excluding carboxylic acids is 2. The summed E-state index contributed by atoms with van der Waals surface area (Å²) in [5.74, 6) is -0.889. The zero-order chi connectivity index (χ0) is 20.3. The second-order valence-electron chi connectivity index (χ2n) is 6.92. The third-order valence-electron chi connectivity index (χ3n) is 5.50. The average Bonchev–Trinajstić information content (AvgIpc) is 3.16. The first-order valence-electron chi connectivity index (χ1n) is 8.94. The number of carbonyl (C=O) groups is 2. The lowest BCUT2D eigenvalue weighted by atomic mass is 9.68. The van der Waals surface area contributed by atoms with Crippen LogP contribution >= 0.6 is 0 Å². The fourth-order valence-corrected chi connectivity index (χ4v) is 4.21. The highest BCUT2D eigenvalue weighted by Gasteiger charge is 2.63. The summed E-state index contributed by atoms with van der Waals surface area (Å²) in [5, 5.41) is 15.5. The fourth-order valence-electron chi connectivity index (χ4n) is 4.21. The van der Waals surface area contributed by atoms with Crippen molar-refractivity contribution in [2.75, 3.05) is 5.01 Å². The monoisotopic (exact) mass is 382 g/mol. The zero-order valence-corrected chi connectivity index (χ0v) is 15.3. The van der Waals surface area contributed by atoms with Crippen molar-refractivity contribution in [2.24, 2.45) is 16.3 Å². The van der Waals surface area contributed by atoms with E-state index in [4.69, 9.17) is 10.5 Å². The summed E-state index contributed by atoms with van der Waals surface area (Å²) < 4.78 is 5.70. The molecular formula is C22H14N4O3. The summed E-state index contributed by atoms with van der Waals surface area (Å²) in [6.45, 7) is 1.62. The van der Waals surface area contributed by atoms with E-state index in [-0.39, 0.29) is 28.6 Å². The molecule has 1 amide bonds. The first-order valence-corrected chi connectivity index (χ1v) is 8.94. The van der Waals surface area contributed by atoms with Gasteiger partial charge in [0.1, 0.15) is 17.4 Å². The predicted octanol–water partition coefficient (Wildman–Crippen LogP) is 2.73. The summed E-state index contributed by atoms with van der Waals surface area (Å²) >= 11 is 0. The minimum Gasteiger partial charge on any atom is -0.439 e. The van der Waals surface area contributed by atoms with E-state index in [0.29, 0.717) is 22.5 Å². The number of nitrogens with zero attached hydrogens (tertiary/aromatic N) is 3. The van der Waals surface area contributed by atoms with Crippen LogP contribution in [0.4, 0.5) is 5.69 Å². The minimum atomic E-state index is -1.71. The summed E-state index contributed by atoms with van der Waals surface area (Å²) in [6.07, 6.45) is 0. The van der Waals surface area contributed by atoms with E-state index in [0.717, 1.165) is 0 Å². The largest absolute Gasteiger partial charge is 0.439 e. The van der Waals surface area contributed by atoms with Crippen LogP contribution in [-0.2, 0) is 9.53 Å². The van der Waals surface area contributed by atoms with Crippen molar-refractivity contribution < 1.29 is 14.3 Å². The molecule has 140 valence electrons. The maximum Gasteiger partial charge on any atom is 0.269 e. The predicted molar refractivity (Wildman–Crippen MR) is 105 cm³/mol. The normalized spacial score (nSPS) is 22.5. The molecule has 1 spiro atoms. The summed E-state index contributed by atoms with van der Waals surface area (Å²) in [7, 11) is 0. The van der Waals surface area contributed by atoms with Crippen molar-refractivity contribution in [3.63, 3.8) is 0 Å². The lowest BCUT2D eigenvalue weighted by molar-refractivity contribution is -0.121. The summed E-state index contributed by atoms with van der Waals surface area (Å²) in [6, 6.07) is 17.7. The van der Waals surface area contributed by atoms with Crippen LogP contribution in [0.3, 0.4) is 0 Å². The Labute approximate surface area is 166 Å². The second-order valence-corrected chi connectivity index (χ2v) is 6.92. The molecule has 1 unspecified atom stereocenters. The first-order chi connectivity index (χ1) is 14.0. The van der Waals surface area contributed by atoms with Crippen molar-refractivity contribution in [3.05, 3.63) is 82.8 Å². The molecule has 0 radical (unpaired) electrons. The molecule has 0 saturated carbocycles. The van der Waals surface area contributed by atoms with E-state index in [2.05, 4.69) is 5.10 Å². The van der Waals surface area contributed by atoms with Gasteiger partial charge >= 0.3 is 0 Å². The van der Waals surface area contributed by atoms with Gasteiger partial charge in [-0.2, -0.15) is 15.4 Å². The number of para-hydroxylation sites is 1. The number of ether oxygens (including phenoxy) is 1. The number of hydrogen-bond acceptors (Lipinski definition) is 6. The Bertz CT molecular complexity index is 1250. The highest BCUT2D eigenvalue weighted by molar-refractivity contribution is 6.34. The van der Waals surface area contributed by atoms with Crippen LogP contribution in [0.5, 0.6) is 0 Å². The van der Waals surface area contributed by atoms with Crippen molar-refractivity contribution in [2.45, 2.75) is 6.92 Å². The van der Waals surface area contributed by atoms with Crippen molar-refractivity contribution in [1.82, 2.24) is 0 Å². The van der Waals surface area contributed by atoms with Gasteiger partial charge in [-0.15, -0.1) is 0 Å². The van der Waals surface area contributed by atoms with Crippen molar-refractivity contribution in [1.29, 1.82) is 5.26 Å². The molecule has 2 heterocycles. The lowest BCUT2D eigenvalue weighted by Gasteiger charge is -2.32. The highest BCUT2D eigenvalue weighted by atomic mass is 16.5. The van der Waals surface area contributed by atoms with E-state index in [9.17, 15) is 14.9 Å². The van der Waals surface area contributed by atoms with Crippen molar-refractivity contribution in [3.8, 4) is 6.07 Å². The molecule has 0 aromatic heterocycles. The van der Waals surface area contributed by atoms with E-state index in [1.165, 1.54) is 5.01 Å². The molecule has 1 aliphatic carbocycles. The first kappa shape index (κ1) is 17.0. The maximum atomic E-state index is 13.8. The quantitative estimate of drug-likeness (QED) is 0.816. The molecule has 7 nitrogen and oxygen atoms in total. The second kappa shape index (κ2) is 5.66. The number of rotatable bonds is 1. The van der Waals surface area contributed by atoms with Gasteiger partial charge in [-0.05, 0) is 19.1 Å². The van der Waals surface area contributed by atoms with Gasteiger partial charge in [-0.3, -0.25) is 9.59 Å². The Morgan fingerprint density at radius 2 is 1.72 bits per heavy atom. The third kappa shape index (κ3) is 1.92. The fraction of sp³-hybridized carbons (Fsp3) is 0.0909. The molecule has 2 aromatic carbocycles. The topological polar surface area (TPSA) is 109 Å². The number of Topliss-reactive ketones (excluding diaryl/α,β-unsaturated/α-hetero) is 1. The molecule has 2 aliphatic heterocycles. The number of nitrogens with two attached hydrogens (primary N) is 1. The van der Waals surface area contributed by atoms with Crippen LogP contribution in [0.1, 0.15) is 22.8 Å². The van der Waals surface area contributed by atoms with E-state index in [1.54, 1.807) is 55.5 Å². The van der Waals surface area contributed by atoms with Crippen molar-refractivity contribution >= 4 is 28.8 Å².